The Bertz CT molecular complexity index is 76.6. The van der Waals surface area contributed by atoms with Crippen molar-refractivity contribution >= 4 is 5.71 Å². The summed E-state index contributed by atoms with van der Waals surface area (Å²) in [5, 5.41) is 7.22. The van der Waals surface area contributed by atoms with Crippen molar-refractivity contribution in [3.63, 3.8) is 0 Å². The summed E-state index contributed by atoms with van der Waals surface area (Å²) < 4.78 is 0. The second-order valence-corrected chi connectivity index (χ2v) is 2.06. The zero-order valence-electron chi connectivity index (χ0n) is 5.57. The van der Waals surface area contributed by atoms with Gasteiger partial charge in [0.1, 0.15) is 0 Å². The molecular formula is C6H14N2. The van der Waals surface area contributed by atoms with Crippen LogP contribution in [0.2, 0.25) is 0 Å². The van der Waals surface area contributed by atoms with Crippen LogP contribution in [-0.4, -0.2) is 11.8 Å². The van der Waals surface area contributed by atoms with Gasteiger partial charge >= 0.3 is 0 Å². The fraction of sp³-hybridized carbons (Fsp3) is 0.833. The minimum Gasteiger partial charge on any atom is -0.323 e. The lowest BCUT2D eigenvalue weighted by Crippen LogP contribution is -2.25. The standard InChI is InChI=1S/C6H14N2/c1-3-4-6(8)5(2)7/h5,8H,3-4,7H2,1-2H3. The van der Waals surface area contributed by atoms with Gasteiger partial charge in [0.05, 0.1) is 0 Å². The van der Waals surface area contributed by atoms with E-state index < -0.39 is 0 Å². The lowest BCUT2D eigenvalue weighted by Gasteiger charge is -2.03. The number of rotatable bonds is 3. The van der Waals surface area contributed by atoms with Crippen LogP contribution in [0.3, 0.4) is 0 Å². The molecular weight excluding hydrogens is 100 g/mol. The maximum atomic E-state index is 7.22. The topological polar surface area (TPSA) is 49.9 Å². The summed E-state index contributed by atoms with van der Waals surface area (Å²) in [4.78, 5) is 0. The Morgan fingerprint density at radius 3 is 2.38 bits per heavy atom. The molecule has 2 nitrogen and oxygen atoms in total. The molecule has 1 unspecified atom stereocenters. The van der Waals surface area contributed by atoms with E-state index in [1.807, 2.05) is 6.92 Å². The smallest absolute Gasteiger partial charge is 0.0394 e. The molecule has 0 aromatic carbocycles. The van der Waals surface area contributed by atoms with E-state index in [9.17, 15) is 0 Å². The molecule has 0 rings (SSSR count). The molecule has 0 fully saturated rings. The molecule has 1 atom stereocenters. The van der Waals surface area contributed by atoms with Crippen molar-refractivity contribution in [3.8, 4) is 0 Å². The molecule has 2 heteroatoms. The monoisotopic (exact) mass is 114 g/mol. The first kappa shape index (κ1) is 7.63. The maximum Gasteiger partial charge on any atom is 0.0394 e. The largest absolute Gasteiger partial charge is 0.323 e. The summed E-state index contributed by atoms with van der Waals surface area (Å²) in [7, 11) is 0. The highest BCUT2D eigenvalue weighted by molar-refractivity contribution is 5.85. The Labute approximate surface area is 50.6 Å². The molecule has 0 spiro atoms. The fourth-order valence-corrected chi connectivity index (χ4v) is 0.497. The number of hydrogen-bond acceptors (Lipinski definition) is 2. The highest BCUT2D eigenvalue weighted by atomic mass is 14.7. The summed E-state index contributed by atoms with van der Waals surface area (Å²) in [5.41, 5.74) is 6.06. The van der Waals surface area contributed by atoms with E-state index in [-0.39, 0.29) is 6.04 Å². The number of hydrogen-bond donors (Lipinski definition) is 2. The maximum absolute atomic E-state index is 7.22. The summed E-state index contributed by atoms with van der Waals surface area (Å²) in [5.74, 6) is 0. The van der Waals surface area contributed by atoms with Crippen LogP contribution in [0.4, 0.5) is 0 Å². The van der Waals surface area contributed by atoms with Crippen LogP contribution in [0.15, 0.2) is 0 Å². The summed E-state index contributed by atoms with van der Waals surface area (Å²) in [6.45, 7) is 3.90. The molecule has 0 aromatic heterocycles. The van der Waals surface area contributed by atoms with E-state index in [0.717, 1.165) is 12.8 Å². The van der Waals surface area contributed by atoms with Crippen LogP contribution in [0.5, 0.6) is 0 Å². The van der Waals surface area contributed by atoms with Gasteiger partial charge < -0.3 is 11.1 Å². The number of nitrogens with two attached hydrogens (primary N) is 1. The first-order valence-electron chi connectivity index (χ1n) is 3.01. The van der Waals surface area contributed by atoms with Crippen molar-refractivity contribution in [2.45, 2.75) is 32.7 Å². The lowest BCUT2D eigenvalue weighted by atomic mass is 10.1. The van der Waals surface area contributed by atoms with E-state index in [0.29, 0.717) is 5.71 Å². The zero-order chi connectivity index (χ0) is 6.57. The molecule has 0 aliphatic rings. The SMILES string of the molecule is CCCC(=N)C(C)N. The van der Waals surface area contributed by atoms with E-state index in [1.165, 1.54) is 0 Å². The summed E-state index contributed by atoms with van der Waals surface area (Å²) in [6.07, 6.45) is 1.87. The fourth-order valence-electron chi connectivity index (χ4n) is 0.497. The quantitative estimate of drug-likeness (QED) is 0.531. The van der Waals surface area contributed by atoms with Crippen molar-refractivity contribution in [3.05, 3.63) is 0 Å². The molecule has 0 amide bonds. The Morgan fingerprint density at radius 1 is 1.75 bits per heavy atom. The normalized spacial score (nSPS) is 13.4. The van der Waals surface area contributed by atoms with Gasteiger partial charge in [0.2, 0.25) is 0 Å². The third kappa shape index (κ3) is 2.75. The Hall–Kier alpha value is -0.370. The van der Waals surface area contributed by atoms with Crippen LogP contribution in [0.25, 0.3) is 0 Å². The third-order valence-corrected chi connectivity index (χ3v) is 1.07. The van der Waals surface area contributed by atoms with Gasteiger partial charge in [-0.2, -0.15) is 0 Å². The van der Waals surface area contributed by atoms with Gasteiger partial charge in [-0.3, -0.25) is 0 Å². The van der Waals surface area contributed by atoms with Crippen LogP contribution in [0, 0.1) is 5.41 Å². The Balaban J connectivity index is 3.33. The average molecular weight is 114 g/mol. The summed E-state index contributed by atoms with van der Waals surface area (Å²) >= 11 is 0. The molecule has 48 valence electrons. The van der Waals surface area contributed by atoms with E-state index in [4.69, 9.17) is 11.1 Å². The molecule has 0 saturated heterocycles. The van der Waals surface area contributed by atoms with Gasteiger partial charge in [-0.25, -0.2) is 0 Å². The first-order valence-corrected chi connectivity index (χ1v) is 3.01. The predicted molar refractivity (Wildman–Crippen MR) is 36.3 cm³/mol. The molecule has 0 radical (unpaired) electrons. The van der Waals surface area contributed by atoms with Crippen molar-refractivity contribution in [2.24, 2.45) is 5.73 Å². The lowest BCUT2D eigenvalue weighted by molar-refractivity contribution is 0.882. The molecule has 0 saturated carbocycles. The van der Waals surface area contributed by atoms with Crippen LogP contribution < -0.4 is 5.73 Å². The molecule has 3 N–H and O–H groups in total. The molecule has 0 bridgehead atoms. The molecule has 8 heavy (non-hydrogen) atoms. The van der Waals surface area contributed by atoms with E-state index in [1.54, 1.807) is 0 Å². The number of nitrogens with one attached hydrogen (secondary N) is 1. The average Bonchev–Trinajstić information content (AvgIpc) is 1.67. The first-order chi connectivity index (χ1) is 3.68. The van der Waals surface area contributed by atoms with Gasteiger partial charge in [0.25, 0.3) is 0 Å². The Morgan fingerprint density at radius 2 is 2.25 bits per heavy atom. The van der Waals surface area contributed by atoms with Gasteiger partial charge in [0, 0.05) is 11.8 Å². The van der Waals surface area contributed by atoms with E-state index >= 15 is 0 Å². The van der Waals surface area contributed by atoms with Gasteiger partial charge in [0.15, 0.2) is 0 Å². The van der Waals surface area contributed by atoms with Gasteiger partial charge in [-0.05, 0) is 13.3 Å². The van der Waals surface area contributed by atoms with Crippen LogP contribution in [-0.2, 0) is 0 Å². The minimum atomic E-state index is -0.0463. The predicted octanol–water partition coefficient (Wildman–Crippen LogP) is 1.15. The highest BCUT2D eigenvalue weighted by Crippen LogP contribution is 1.91. The minimum absolute atomic E-state index is 0.0463. The van der Waals surface area contributed by atoms with Crippen molar-refractivity contribution in [2.75, 3.05) is 0 Å². The van der Waals surface area contributed by atoms with E-state index in [2.05, 4.69) is 6.92 Å². The molecule has 0 aromatic rings. The Kier molecular flexibility index (Phi) is 3.44. The summed E-state index contributed by atoms with van der Waals surface area (Å²) in [6, 6.07) is -0.0463. The third-order valence-electron chi connectivity index (χ3n) is 1.07. The second-order valence-electron chi connectivity index (χ2n) is 2.06. The van der Waals surface area contributed by atoms with Crippen molar-refractivity contribution in [1.82, 2.24) is 0 Å². The van der Waals surface area contributed by atoms with Crippen LogP contribution in [0.1, 0.15) is 26.7 Å². The van der Waals surface area contributed by atoms with Crippen molar-refractivity contribution < 1.29 is 0 Å². The molecule has 0 aliphatic carbocycles. The van der Waals surface area contributed by atoms with Crippen LogP contribution >= 0.6 is 0 Å². The zero-order valence-corrected chi connectivity index (χ0v) is 5.57. The molecule has 0 aliphatic heterocycles. The van der Waals surface area contributed by atoms with Crippen molar-refractivity contribution in [1.29, 1.82) is 5.41 Å². The highest BCUT2D eigenvalue weighted by Gasteiger charge is 1.98. The molecule has 0 heterocycles. The second kappa shape index (κ2) is 3.61. The van der Waals surface area contributed by atoms with Gasteiger partial charge in [-0.1, -0.05) is 13.3 Å². The van der Waals surface area contributed by atoms with Gasteiger partial charge in [-0.15, -0.1) is 0 Å².